The quantitative estimate of drug-likeness (QED) is 0.180. The maximum absolute atomic E-state index is 14.2. The summed E-state index contributed by atoms with van der Waals surface area (Å²) in [6.45, 7) is 4.03. The molecule has 1 aliphatic heterocycles. The Morgan fingerprint density at radius 1 is 0.930 bits per heavy atom. The monoisotopic (exact) mass is 600 g/mol. The van der Waals surface area contributed by atoms with Crippen LogP contribution in [-0.4, -0.2) is 53.4 Å². The summed E-state index contributed by atoms with van der Waals surface area (Å²) < 4.78 is 21.9. The number of benzene rings is 3. The summed E-state index contributed by atoms with van der Waals surface area (Å²) in [5.41, 5.74) is 3.49. The lowest BCUT2D eigenvalue weighted by atomic mass is 10.0. The summed E-state index contributed by atoms with van der Waals surface area (Å²) in [5.74, 6) is 1.39. The van der Waals surface area contributed by atoms with E-state index < -0.39 is 11.9 Å². The topological polar surface area (TPSA) is 112 Å². The normalized spacial score (nSPS) is 12.4. The Morgan fingerprint density at radius 3 is 2.40 bits per heavy atom. The van der Waals surface area contributed by atoms with Crippen LogP contribution in [0.3, 0.4) is 0 Å². The highest BCUT2D eigenvalue weighted by molar-refractivity contribution is 7.99. The molecule has 1 atom stereocenters. The molecule has 0 spiro atoms. The minimum Gasteiger partial charge on any atom is -0.497 e. The van der Waals surface area contributed by atoms with Gasteiger partial charge in [0.2, 0.25) is 12.7 Å². The Bertz CT molecular complexity index is 1600. The van der Waals surface area contributed by atoms with Crippen molar-refractivity contribution >= 4 is 29.3 Å². The maximum Gasteiger partial charge on any atom is 0.251 e. The van der Waals surface area contributed by atoms with Gasteiger partial charge in [0.1, 0.15) is 17.5 Å². The Morgan fingerprint density at radius 2 is 1.67 bits per heavy atom. The highest BCUT2D eigenvalue weighted by atomic mass is 32.2. The molecule has 43 heavy (non-hydrogen) atoms. The number of amides is 2. The van der Waals surface area contributed by atoms with E-state index in [1.807, 2.05) is 50.2 Å². The molecule has 11 heteroatoms. The average Bonchev–Trinajstić information content (AvgIpc) is 3.48. The number of thioether (sulfide) groups is 1. The first kappa shape index (κ1) is 29.7. The lowest BCUT2D eigenvalue weighted by molar-refractivity contribution is -0.137. The molecule has 0 radical (unpaired) electrons. The highest BCUT2D eigenvalue weighted by Gasteiger charge is 2.33. The van der Waals surface area contributed by atoms with Crippen molar-refractivity contribution in [3.63, 3.8) is 0 Å². The fourth-order valence-corrected chi connectivity index (χ4v) is 5.57. The number of nitrogens with one attached hydrogen (secondary N) is 1. The molecule has 2 amide bonds. The number of rotatable bonds is 11. The van der Waals surface area contributed by atoms with Crippen LogP contribution in [0.5, 0.6) is 23.0 Å². The standard InChI is InChI=1S/C32H32N4O6S/c1-20-14-21(2)34-32(33-20)43-18-29(37)36(17-22-8-6-5-7-9-22)30(23-10-13-26-28(15-23)42-19-41-26)31(38)35-25-12-11-24(39-3)16-27(25)40-4/h5-16,30H,17-19H2,1-4H3,(H,35,38). The van der Waals surface area contributed by atoms with E-state index in [0.29, 0.717) is 39.4 Å². The second-order valence-corrected chi connectivity index (χ2v) is 10.7. The van der Waals surface area contributed by atoms with Crippen molar-refractivity contribution < 1.29 is 28.5 Å². The Hall–Kier alpha value is -4.77. The predicted octanol–water partition coefficient (Wildman–Crippen LogP) is 5.34. The van der Waals surface area contributed by atoms with Crippen LogP contribution in [-0.2, 0) is 16.1 Å². The number of fused-ring (bicyclic) bond motifs is 1. The van der Waals surface area contributed by atoms with Gasteiger partial charge in [0, 0.05) is 24.0 Å². The molecule has 1 aromatic heterocycles. The SMILES string of the molecule is COc1ccc(NC(=O)C(c2ccc3c(c2)OCO3)N(Cc2ccccc2)C(=O)CSc2nc(C)cc(C)n2)c(OC)c1. The Labute approximate surface area is 254 Å². The van der Waals surface area contributed by atoms with Gasteiger partial charge >= 0.3 is 0 Å². The van der Waals surface area contributed by atoms with Crippen molar-refractivity contribution in [3.8, 4) is 23.0 Å². The molecule has 0 bridgehead atoms. The summed E-state index contributed by atoms with van der Waals surface area (Å²) >= 11 is 1.23. The second-order valence-electron chi connectivity index (χ2n) is 9.80. The van der Waals surface area contributed by atoms with Crippen LogP contribution in [0, 0.1) is 13.8 Å². The molecular formula is C32H32N4O6S. The molecule has 0 saturated heterocycles. The summed E-state index contributed by atoms with van der Waals surface area (Å²) in [7, 11) is 3.06. The first-order chi connectivity index (χ1) is 20.8. The fourth-order valence-electron chi connectivity index (χ4n) is 4.73. The minimum absolute atomic E-state index is 0.0237. The van der Waals surface area contributed by atoms with Crippen LogP contribution in [0.15, 0.2) is 78.0 Å². The largest absolute Gasteiger partial charge is 0.497 e. The summed E-state index contributed by atoms with van der Waals surface area (Å²) in [6.07, 6.45) is 0. The zero-order valence-electron chi connectivity index (χ0n) is 24.3. The van der Waals surface area contributed by atoms with Crippen molar-refractivity contribution in [1.82, 2.24) is 14.9 Å². The first-order valence-electron chi connectivity index (χ1n) is 13.6. The third kappa shape index (κ3) is 7.18. The van der Waals surface area contributed by atoms with Gasteiger partial charge in [-0.3, -0.25) is 9.59 Å². The summed E-state index contributed by atoms with van der Waals surface area (Å²) in [6, 6.07) is 20.7. The maximum atomic E-state index is 14.2. The van der Waals surface area contributed by atoms with Crippen LogP contribution in [0.1, 0.15) is 28.6 Å². The van der Waals surface area contributed by atoms with Crippen molar-refractivity contribution in [3.05, 3.63) is 95.3 Å². The lowest BCUT2D eigenvalue weighted by Gasteiger charge is -2.32. The number of aromatic nitrogens is 2. The number of ether oxygens (including phenoxy) is 4. The molecule has 222 valence electrons. The lowest BCUT2D eigenvalue weighted by Crippen LogP contribution is -2.41. The molecular weight excluding hydrogens is 568 g/mol. The summed E-state index contributed by atoms with van der Waals surface area (Å²) in [4.78, 5) is 38.8. The van der Waals surface area contributed by atoms with Gasteiger partial charge < -0.3 is 29.2 Å². The van der Waals surface area contributed by atoms with Crippen molar-refractivity contribution in [1.29, 1.82) is 0 Å². The van der Waals surface area contributed by atoms with Gasteiger partial charge in [-0.25, -0.2) is 9.97 Å². The van der Waals surface area contributed by atoms with Crippen LogP contribution in [0.2, 0.25) is 0 Å². The fraction of sp³-hybridized carbons (Fsp3) is 0.250. The third-order valence-electron chi connectivity index (χ3n) is 6.74. The van der Waals surface area contributed by atoms with Gasteiger partial charge in [-0.2, -0.15) is 0 Å². The number of anilines is 1. The van der Waals surface area contributed by atoms with E-state index in [9.17, 15) is 9.59 Å². The van der Waals surface area contributed by atoms with Gasteiger partial charge in [0.05, 0.1) is 25.7 Å². The van der Waals surface area contributed by atoms with E-state index in [2.05, 4.69) is 15.3 Å². The van der Waals surface area contributed by atoms with Gasteiger partial charge in [-0.05, 0) is 55.3 Å². The third-order valence-corrected chi connectivity index (χ3v) is 7.57. The average molecular weight is 601 g/mol. The van der Waals surface area contributed by atoms with Gasteiger partial charge in [-0.1, -0.05) is 48.2 Å². The molecule has 1 aliphatic rings. The van der Waals surface area contributed by atoms with Crippen LogP contribution in [0.4, 0.5) is 5.69 Å². The zero-order valence-corrected chi connectivity index (χ0v) is 25.1. The zero-order chi connectivity index (χ0) is 30.3. The molecule has 0 aliphatic carbocycles. The van der Waals surface area contributed by atoms with Gasteiger partial charge in [0.25, 0.3) is 5.91 Å². The van der Waals surface area contributed by atoms with E-state index >= 15 is 0 Å². The number of carbonyl (C=O) groups is 2. The molecule has 0 saturated carbocycles. The van der Waals surface area contributed by atoms with E-state index in [-0.39, 0.29) is 25.0 Å². The molecule has 0 fully saturated rings. The van der Waals surface area contributed by atoms with Crippen molar-refractivity contribution in [2.75, 3.05) is 32.1 Å². The molecule has 4 aromatic rings. The van der Waals surface area contributed by atoms with Gasteiger partial charge in [0.15, 0.2) is 16.7 Å². The van der Waals surface area contributed by atoms with Crippen molar-refractivity contribution in [2.24, 2.45) is 0 Å². The molecule has 1 unspecified atom stereocenters. The van der Waals surface area contributed by atoms with E-state index in [0.717, 1.165) is 17.0 Å². The van der Waals surface area contributed by atoms with Crippen LogP contribution >= 0.6 is 11.8 Å². The van der Waals surface area contributed by atoms with E-state index in [1.165, 1.54) is 18.9 Å². The van der Waals surface area contributed by atoms with Gasteiger partial charge in [-0.15, -0.1) is 0 Å². The Kier molecular flexibility index (Phi) is 9.31. The Balaban J connectivity index is 1.53. The molecule has 3 aromatic carbocycles. The number of nitrogens with zero attached hydrogens (tertiary/aromatic N) is 3. The predicted molar refractivity (Wildman–Crippen MR) is 163 cm³/mol. The highest BCUT2D eigenvalue weighted by Crippen LogP contribution is 2.37. The van der Waals surface area contributed by atoms with Crippen LogP contribution < -0.4 is 24.3 Å². The molecule has 1 N–H and O–H groups in total. The first-order valence-corrected chi connectivity index (χ1v) is 14.5. The summed E-state index contributed by atoms with van der Waals surface area (Å²) in [5, 5.41) is 3.47. The number of aryl methyl sites for hydroxylation is 2. The van der Waals surface area contributed by atoms with Crippen LogP contribution in [0.25, 0.3) is 0 Å². The smallest absolute Gasteiger partial charge is 0.251 e. The number of hydrogen-bond donors (Lipinski definition) is 1. The number of methoxy groups -OCH3 is 2. The second kappa shape index (κ2) is 13.5. The van der Waals surface area contributed by atoms with Crippen molar-refractivity contribution in [2.45, 2.75) is 31.6 Å². The number of carbonyl (C=O) groups excluding carboxylic acids is 2. The molecule has 5 rings (SSSR count). The van der Waals surface area contributed by atoms with E-state index in [4.69, 9.17) is 18.9 Å². The molecule has 2 heterocycles. The van der Waals surface area contributed by atoms with E-state index in [1.54, 1.807) is 48.4 Å². The minimum atomic E-state index is -1.03. The molecule has 10 nitrogen and oxygen atoms in total. The number of hydrogen-bond acceptors (Lipinski definition) is 9.